The van der Waals surface area contributed by atoms with Crippen molar-refractivity contribution in [2.24, 2.45) is 0 Å². The Hall–Kier alpha value is -2.15. The highest BCUT2D eigenvalue weighted by Crippen LogP contribution is 2.18. The molecule has 0 aliphatic rings. The summed E-state index contributed by atoms with van der Waals surface area (Å²) in [4.78, 5) is 28.3. The molecule has 0 aromatic carbocycles. The molecule has 122 valence electrons. The van der Waals surface area contributed by atoms with E-state index in [-0.39, 0.29) is 18.1 Å². The SMILES string of the molecule is CCC(C)(NC(=O)c1cccnc1OCCOC)C(=O)OC. The van der Waals surface area contributed by atoms with Crippen molar-refractivity contribution in [2.45, 2.75) is 25.8 Å². The van der Waals surface area contributed by atoms with Crippen molar-refractivity contribution in [1.29, 1.82) is 0 Å². The fourth-order valence-electron chi connectivity index (χ4n) is 1.73. The van der Waals surface area contributed by atoms with E-state index in [1.54, 1.807) is 33.1 Å². The van der Waals surface area contributed by atoms with Crippen LogP contribution in [0, 0.1) is 0 Å². The number of nitrogens with one attached hydrogen (secondary N) is 1. The third-order valence-electron chi connectivity index (χ3n) is 3.27. The number of carbonyl (C=O) groups excluding carboxylic acids is 2. The minimum absolute atomic E-state index is 0.195. The molecule has 1 amide bonds. The number of carbonyl (C=O) groups is 2. The quantitative estimate of drug-likeness (QED) is 0.573. The molecule has 0 bridgehead atoms. The molecule has 0 saturated heterocycles. The van der Waals surface area contributed by atoms with Crippen LogP contribution in [0.25, 0.3) is 0 Å². The summed E-state index contributed by atoms with van der Waals surface area (Å²) in [5.41, 5.74) is -0.854. The molecule has 1 aromatic heterocycles. The molecule has 1 rings (SSSR count). The highest BCUT2D eigenvalue weighted by Gasteiger charge is 2.35. The summed E-state index contributed by atoms with van der Waals surface area (Å²) in [7, 11) is 2.84. The van der Waals surface area contributed by atoms with Gasteiger partial charge in [-0.25, -0.2) is 9.78 Å². The van der Waals surface area contributed by atoms with Crippen LogP contribution in [0.1, 0.15) is 30.6 Å². The van der Waals surface area contributed by atoms with Gasteiger partial charge in [0, 0.05) is 13.3 Å². The van der Waals surface area contributed by atoms with Crippen LogP contribution in [0.15, 0.2) is 18.3 Å². The lowest BCUT2D eigenvalue weighted by atomic mass is 9.98. The second-order valence-corrected chi connectivity index (χ2v) is 4.83. The number of methoxy groups -OCH3 is 2. The summed E-state index contributed by atoms with van der Waals surface area (Å²) in [6.07, 6.45) is 1.92. The number of esters is 1. The zero-order valence-electron chi connectivity index (χ0n) is 13.3. The van der Waals surface area contributed by atoms with Gasteiger partial charge in [0.25, 0.3) is 5.91 Å². The standard InChI is InChI=1S/C15H22N2O5/c1-5-15(2,14(19)21-4)17-12(18)11-7-6-8-16-13(11)22-10-9-20-3/h6-8H,5,9-10H2,1-4H3,(H,17,18). The van der Waals surface area contributed by atoms with E-state index in [0.29, 0.717) is 13.0 Å². The molecule has 0 aliphatic heterocycles. The van der Waals surface area contributed by atoms with Crippen LogP contribution in [-0.2, 0) is 14.3 Å². The molecule has 0 saturated carbocycles. The van der Waals surface area contributed by atoms with E-state index in [1.807, 2.05) is 0 Å². The number of nitrogens with zero attached hydrogens (tertiary/aromatic N) is 1. The van der Waals surface area contributed by atoms with Gasteiger partial charge in [0.15, 0.2) is 0 Å². The maximum absolute atomic E-state index is 12.4. The largest absolute Gasteiger partial charge is 0.475 e. The van der Waals surface area contributed by atoms with Crippen molar-refractivity contribution < 1.29 is 23.8 Å². The Balaban J connectivity index is 2.91. The van der Waals surface area contributed by atoms with Gasteiger partial charge in [-0.1, -0.05) is 6.92 Å². The molecule has 1 aromatic rings. The van der Waals surface area contributed by atoms with Crippen molar-refractivity contribution in [3.8, 4) is 5.88 Å². The first-order valence-corrected chi connectivity index (χ1v) is 6.96. The van der Waals surface area contributed by atoms with E-state index < -0.39 is 17.4 Å². The number of amides is 1. The molecule has 0 spiro atoms. The Labute approximate surface area is 130 Å². The molecular formula is C15H22N2O5. The summed E-state index contributed by atoms with van der Waals surface area (Å²) in [6.45, 7) is 4.05. The third-order valence-corrected chi connectivity index (χ3v) is 3.27. The fourth-order valence-corrected chi connectivity index (χ4v) is 1.73. The highest BCUT2D eigenvalue weighted by atomic mass is 16.5. The smallest absolute Gasteiger partial charge is 0.331 e. The lowest BCUT2D eigenvalue weighted by Crippen LogP contribution is -2.52. The first-order chi connectivity index (χ1) is 10.5. The van der Waals surface area contributed by atoms with Crippen molar-refractivity contribution in [1.82, 2.24) is 10.3 Å². The van der Waals surface area contributed by atoms with Crippen LogP contribution in [0.5, 0.6) is 5.88 Å². The Morgan fingerprint density at radius 2 is 2.05 bits per heavy atom. The molecule has 1 atom stereocenters. The molecule has 7 nitrogen and oxygen atoms in total. The Morgan fingerprint density at radius 3 is 2.64 bits per heavy atom. The van der Waals surface area contributed by atoms with E-state index in [0.717, 1.165) is 0 Å². The van der Waals surface area contributed by atoms with E-state index in [9.17, 15) is 9.59 Å². The molecule has 0 aliphatic carbocycles. The Bertz CT molecular complexity index is 520. The maximum Gasteiger partial charge on any atom is 0.331 e. The molecular weight excluding hydrogens is 288 g/mol. The Kier molecular flexibility index (Phi) is 6.78. The number of ether oxygens (including phenoxy) is 3. The molecule has 1 heterocycles. The fraction of sp³-hybridized carbons (Fsp3) is 0.533. The van der Waals surface area contributed by atoms with Crippen LogP contribution in [0.2, 0.25) is 0 Å². The summed E-state index contributed by atoms with van der Waals surface area (Å²) in [6, 6.07) is 3.21. The number of hydrogen-bond acceptors (Lipinski definition) is 6. The van der Waals surface area contributed by atoms with E-state index >= 15 is 0 Å². The van der Waals surface area contributed by atoms with Crippen molar-refractivity contribution >= 4 is 11.9 Å². The van der Waals surface area contributed by atoms with Gasteiger partial charge in [0.1, 0.15) is 17.7 Å². The zero-order chi connectivity index (χ0) is 16.6. The number of aromatic nitrogens is 1. The van der Waals surface area contributed by atoms with Crippen LogP contribution in [0.3, 0.4) is 0 Å². The van der Waals surface area contributed by atoms with E-state index in [4.69, 9.17) is 14.2 Å². The zero-order valence-corrected chi connectivity index (χ0v) is 13.3. The predicted molar refractivity (Wildman–Crippen MR) is 79.8 cm³/mol. The summed E-state index contributed by atoms with van der Waals surface area (Å²) in [5.74, 6) is -0.760. The summed E-state index contributed by atoms with van der Waals surface area (Å²) >= 11 is 0. The van der Waals surface area contributed by atoms with Crippen molar-refractivity contribution in [2.75, 3.05) is 27.4 Å². The number of hydrogen-bond donors (Lipinski definition) is 1. The van der Waals surface area contributed by atoms with E-state index in [2.05, 4.69) is 10.3 Å². The van der Waals surface area contributed by atoms with E-state index in [1.165, 1.54) is 13.3 Å². The average Bonchev–Trinajstić information content (AvgIpc) is 2.54. The monoisotopic (exact) mass is 310 g/mol. The third kappa shape index (κ3) is 4.42. The van der Waals surface area contributed by atoms with Crippen molar-refractivity contribution in [3.05, 3.63) is 23.9 Å². The average molecular weight is 310 g/mol. The molecule has 22 heavy (non-hydrogen) atoms. The van der Waals surface area contributed by atoms with Gasteiger partial charge in [-0.15, -0.1) is 0 Å². The number of rotatable bonds is 8. The van der Waals surface area contributed by atoms with Crippen LogP contribution < -0.4 is 10.1 Å². The van der Waals surface area contributed by atoms with Crippen molar-refractivity contribution in [3.63, 3.8) is 0 Å². The van der Waals surface area contributed by atoms with Gasteiger partial charge in [0.05, 0.1) is 13.7 Å². The summed E-state index contributed by atoms with van der Waals surface area (Å²) in [5, 5.41) is 2.68. The number of pyridine rings is 1. The minimum atomic E-state index is -1.11. The molecule has 1 unspecified atom stereocenters. The minimum Gasteiger partial charge on any atom is -0.475 e. The molecule has 1 N–H and O–H groups in total. The van der Waals surface area contributed by atoms with Gasteiger partial charge >= 0.3 is 5.97 Å². The topological polar surface area (TPSA) is 86.8 Å². The predicted octanol–water partition coefficient (Wildman–Crippen LogP) is 1.18. The van der Waals surface area contributed by atoms with Gasteiger partial charge in [-0.2, -0.15) is 0 Å². The molecule has 7 heteroatoms. The lowest BCUT2D eigenvalue weighted by molar-refractivity contribution is -0.147. The van der Waals surface area contributed by atoms with Crippen LogP contribution >= 0.6 is 0 Å². The van der Waals surface area contributed by atoms with Crippen LogP contribution in [-0.4, -0.2) is 49.8 Å². The van der Waals surface area contributed by atoms with Gasteiger partial charge < -0.3 is 19.5 Å². The van der Waals surface area contributed by atoms with Gasteiger partial charge in [0.2, 0.25) is 5.88 Å². The maximum atomic E-state index is 12.4. The lowest BCUT2D eigenvalue weighted by Gasteiger charge is -2.26. The highest BCUT2D eigenvalue weighted by molar-refractivity contribution is 5.99. The normalized spacial score (nSPS) is 13.1. The second kappa shape index (κ2) is 8.33. The molecule has 0 fully saturated rings. The first-order valence-electron chi connectivity index (χ1n) is 6.96. The van der Waals surface area contributed by atoms with Gasteiger partial charge in [-0.3, -0.25) is 4.79 Å². The summed E-state index contributed by atoms with van der Waals surface area (Å²) < 4.78 is 15.0. The Morgan fingerprint density at radius 1 is 1.32 bits per heavy atom. The molecule has 0 radical (unpaired) electrons. The van der Waals surface area contributed by atoms with Gasteiger partial charge in [-0.05, 0) is 25.5 Å². The first kappa shape index (κ1) is 17.9. The van der Waals surface area contributed by atoms with Crippen LogP contribution in [0.4, 0.5) is 0 Å². The second-order valence-electron chi connectivity index (χ2n) is 4.83.